The third kappa shape index (κ3) is 3.09. The molecule has 1 amide bonds. The van der Waals surface area contributed by atoms with Gasteiger partial charge in [0.1, 0.15) is 0 Å². The molecule has 0 bridgehead atoms. The topological polar surface area (TPSA) is 99.8 Å². The minimum Gasteiger partial charge on any atom is -0.479 e. The number of carbonyl (C=O) groups excluding carboxylic acids is 1. The van der Waals surface area contributed by atoms with E-state index in [1.807, 2.05) is 0 Å². The quantitative estimate of drug-likeness (QED) is 0.665. The fourth-order valence-corrected chi connectivity index (χ4v) is 1.13. The van der Waals surface area contributed by atoms with Crippen LogP contribution in [0.3, 0.4) is 0 Å². The highest BCUT2D eigenvalue weighted by molar-refractivity contribution is 5.92. The summed E-state index contributed by atoms with van der Waals surface area (Å²) in [5, 5.41) is 19.8. The molecule has 1 heterocycles. The van der Waals surface area contributed by atoms with Crippen molar-refractivity contribution in [1.29, 1.82) is 0 Å². The van der Waals surface area contributed by atoms with Crippen molar-refractivity contribution in [3.63, 3.8) is 0 Å². The van der Waals surface area contributed by atoms with Crippen LogP contribution in [0, 0.1) is 6.92 Å². The van der Waals surface area contributed by atoms with Crippen molar-refractivity contribution in [3.8, 4) is 0 Å². The average Bonchev–Trinajstić information content (AvgIpc) is 2.64. The van der Waals surface area contributed by atoms with Crippen LogP contribution in [0.1, 0.15) is 22.5 Å². The van der Waals surface area contributed by atoms with Crippen molar-refractivity contribution in [2.24, 2.45) is 0 Å². The molecule has 0 fully saturated rings. The number of nitrogens with one attached hydrogen (secondary N) is 1. The lowest BCUT2D eigenvalue weighted by atomic mass is 10.2. The van der Waals surface area contributed by atoms with Gasteiger partial charge in [0, 0.05) is 18.5 Å². The van der Waals surface area contributed by atoms with Gasteiger partial charge in [-0.25, -0.2) is 4.79 Å². The number of carboxylic acids is 1. The maximum Gasteiger partial charge on any atom is 0.332 e. The molecule has 0 aliphatic carbocycles. The fraction of sp³-hybridized carbons (Fsp3) is 0.400. The van der Waals surface area contributed by atoms with E-state index in [1.165, 1.54) is 6.26 Å². The maximum atomic E-state index is 11.4. The number of carboxylic acid groups (broad SMARTS) is 1. The Morgan fingerprint density at radius 3 is 2.75 bits per heavy atom. The number of hydrogen-bond acceptors (Lipinski definition) is 4. The molecular weight excluding hydrogens is 214 g/mol. The van der Waals surface area contributed by atoms with Crippen molar-refractivity contribution in [1.82, 2.24) is 5.32 Å². The van der Waals surface area contributed by atoms with E-state index in [0.717, 1.165) is 0 Å². The molecule has 88 valence electrons. The molecule has 1 atom stereocenters. The minimum absolute atomic E-state index is 0.0408. The Labute approximate surface area is 91.9 Å². The first-order chi connectivity index (χ1) is 7.52. The number of aliphatic hydroxyl groups is 1. The maximum absolute atomic E-state index is 11.4. The van der Waals surface area contributed by atoms with Crippen LogP contribution in [0.2, 0.25) is 0 Å². The minimum atomic E-state index is -1.46. The van der Waals surface area contributed by atoms with Crippen molar-refractivity contribution in [3.05, 3.63) is 23.7 Å². The van der Waals surface area contributed by atoms with Crippen LogP contribution in [-0.4, -0.2) is 34.7 Å². The largest absolute Gasteiger partial charge is 0.479 e. The van der Waals surface area contributed by atoms with Crippen LogP contribution in [0.25, 0.3) is 0 Å². The van der Waals surface area contributed by atoms with Crippen LogP contribution in [0.4, 0.5) is 0 Å². The van der Waals surface area contributed by atoms with Crippen molar-refractivity contribution >= 4 is 11.9 Å². The van der Waals surface area contributed by atoms with Gasteiger partial charge < -0.3 is 19.9 Å². The Balaban J connectivity index is 2.37. The average molecular weight is 227 g/mol. The molecule has 6 nitrogen and oxygen atoms in total. The van der Waals surface area contributed by atoms with Crippen LogP contribution < -0.4 is 5.32 Å². The van der Waals surface area contributed by atoms with Crippen molar-refractivity contribution in [2.75, 3.05) is 6.54 Å². The Morgan fingerprint density at radius 1 is 1.56 bits per heavy atom. The molecule has 0 aliphatic heterocycles. The normalized spacial score (nSPS) is 12.1. The van der Waals surface area contributed by atoms with Crippen molar-refractivity contribution < 1.29 is 24.2 Å². The van der Waals surface area contributed by atoms with Crippen LogP contribution >= 0.6 is 0 Å². The number of amides is 1. The van der Waals surface area contributed by atoms with Gasteiger partial charge in [-0.05, 0) is 13.0 Å². The van der Waals surface area contributed by atoms with E-state index in [4.69, 9.17) is 14.6 Å². The zero-order valence-corrected chi connectivity index (χ0v) is 8.77. The summed E-state index contributed by atoms with van der Waals surface area (Å²) < 4.78 is 4.94. The summed E-state index contributed by atoms with van der Waals surface area (Å²) in [6.45, 7) is 1.80. The van der Waals surface area contributed by atoms with E-state index in [1.54, 1.807) is 13.0 Å². The van der Waals surface area contributed by atoms with Crippen LogP contribution in [0.5, 0.6) is 0 Å². The number of hydrogen-bond donors (Lipinski definition) is 3. The number of carbonyl (C=O) groups is 2. The number of rotatable bonds is 5. The molecule has 1 rings (SSSR count). The number of furan rings is 1. The smallest absolute Gasteiger partial charge is 0.332 e. The summed E-state index contributed by atoms with van der Waals surface area (Å²) >= 11 is 0. The SMILES string of the molecule is Cc1ccoc1C(=O)NCCC(O)C(=O)O. The van der Waals surface area contributed by atoms with E-state index < -0.39 is 18.0 Å². The lowest BCUT2D eigenvalue weighted by Crippen LogP contribution is -2.30. The third-order valence-corrected chi connectivity index (χ3v) is 2.06. The first kappa shape index (κ1) is 12.3. The first-order valence-electron chi connectivity index (χ1n) is 4.75. The van der Waals surface area contributed by atoms with Gasteiger partial charge in [-0.15, -0.1) is 0 Å². The summed E-state index contributed by atoms with van der Waals surface area (Å²) in [6, 6.07) is 1.65. The number of aryl methyl sites for hydroxylation is 1. The van der Waals surface area contributed by atoms with E-state index >= 15 is 0 Å². The standard InChI is InChI=1S/C10H13NO5/c1-6-3-5-16-8(6)9(13)11-4-2-7(12)10(14)15/h3,5,7,12H,2,4H2,1H3,(H,11,13)(H,14,15). The second-order valence-electron chi connectivity index (χ2n) is 3.33. The van der Waals surface area contributed by atoms with E-state index in [2.05, 4.69) is 5.32 Å². The summed E-state index contributed by atoms with van der Waals surface area (Å²) in [5.74, 6) is -1.52. The van der Waals surface area contributed by atoms with Gasteiger partial charge in [-0.2, -0.15) is 0 Å². The summed E-state index contributed by atoms with van der Waals surface area (Å²) in [4.78, 5) is 21.7. The lowest BCUT2D eigenvalue weighted by molar-refractivity contribution is -0.146. The molecule has 1 aromatic heterocycles. The molecule has 1 unspecified atom stereocenters. The predicted octanol–water partition coefficient (Wildman–Crippen LogP) is 0.153. The second-order valence-corrected chi connectivity index (χ2v) is 3.33. The third-order valence-electron chi connectivity index (χ3n) is 2.06. The van der Waals surface area contributed by atoms with Gasteiger partial charge >= 0.3 is 5.97 Å². The number of aliphatic carboxylic acids is 1. The highest BCUT2D eigenvalue weighted by Gasteiger charge is 2.15. The Hall–Kier alpha value is -1.82. The predicted molar refractivity (Wildman–Crippen MR) is 54.0 cm³/mol. The highest BCUT2D eigenvalue weighted by Crippen LogP contribution is 2.07. The van der Waals surface area contributed by atoms with E-state index in [0.29, 0.717) is 5.56 Å². The first-order valence-corrected chi connectivity index (χ1v) is 4.75. The molecule has 0 radical (unpaired) electrons. The van der Waals surface area contributed by atoms with Crippen LogP contribution in [-0.2, 0) is 4.79 Å². The summed E-state index contributed by atoms with van der Waals surface area (Å²) in [5.41, 5.74) is 0.705. The molecule has 0 aliphatic rings. The zero-order chi connectivity index (χ0) is 12.1. The van der Waals surface area contributed by atoms with E-state index in [9.17, 15) is 9.59 Å². The molecule has 0 spiro atoms. The lowest BCUT2D eigenvalue weighted by Gasteiger charge is -2.06. The molecule has 0 saturated carbocycles. The van der Waals surface area contributed by atoms with Gasteiger partial charge in [0.2, 0.25) is 0 Å². The Kier molecular flexibility index (Phi) is 4.07. The fourth-order valence-electron chi connectivity index (χ4n) is 1.13. The molecule has 1 aromatic rings. The molecular formula is C10H13NO5. The summed E-state index contributed by atoms with van der Waals surface area (Å²) in [7, 11) is 0. The highest BCUT2D eigenvalue weighted by atomic mass is 16.4. The Bertz CT molecular complexity index is 384. The molecule has 0 aromatic carbocycles. The molecule has 16 heavy (non-hydrogen) atoms. The van der Waals surface area contributed by atoms with Crippen LogP contribution in [0.15, 0.2) is 16.7 Å². The zero-order valence-electron chi connectivity index (χ0n) is 8.77. The molecule has 6 heteroatoms. The molecule has 3 N–H and O–H groups in total. The van der Waals surface area contributed by atoms with Gasteiger partial charge in [0.05, 0.1) is 6.26 Å². The van der Waals surface area contributed by atoms with Gasteiger partial charge in [0.15, 0.2) is 11.9 Å². The van der Waals surface area contributed by atoms with E-state index in [-0.39, 0.29) is 18.7 Å². The van der Waals surface area contributed by atoms with Gasteiger partial charge in [-0.3, -0.25) is 4.79 Å². The van der Waals surface area contributed by atoms with Crippen molar-refractivity contribution in [2.45, 2.75) is 19.4 Å². The number of aliphatic hydroxyl groups excluding tert-OH is 1. The Morgan fingerprint density at radius 2 is 2.25 bits per heavy atom. The summed E-state index contributed by atoms with van der Waals surface area (Å²) in [6.07, 6.45) is -0.102. The second kappa shape index (κ2) is 5.32. The van der Waals surface area contributed by atoms with Gasteiger partial charge in [0.25, 0.3) is 5.91 Å². The molecule has 0 saturated heterocycles. The van der Waals surface area contributed by atoms with Gasteiger partial charge in [-0.1, -0.05) is 0 Å². The monoisotopic (exact) mass is 227 g/mol.